The number of methoxy groups -OCH3 is 3. The van der Waals surface area contributed by atoms with Gasteiger partial charge in [-0.15, -0.1) is 0 Å². The molecule has 1 amide bonds. The minimum absolute atomic E-state index is 0.0349. The van der Waals surface area contributed by atoms with Crippen molar-refractivity contribution >= 4 is 11.7 Å². The minimum atomic E-state index is -0.0349. The maximum absolute atomic E-state index is 13.2. The van der Waals surface area contributed by atoms with Crippen molar-refractivity contribution in [1.82, 2.24) is 15.1 Å². The van der Waals surface area contributed by atoms with E-state index in [-0.39, 0.29) is 5.91 Å². The summed E-state index contributed by atoms with van der Waals surface area (Å²) in [6.45, 7) is 2.83. The maximum Gasteiger partial charge on any atom is 0.257 e. The highest BCUT2D eigenvalue weighted by molar-refractivity contribution is 5.97. The largest absolute Gasteiger partial charge is 0.497 e. The molecular weight excluding hydrogens is 408 g/mol. The van der Waals surface area contributed by atoms with Crippen molar-refractivity contribution < 1.29 is 19.0 Å². The number of benzene rings is 2. The van der Waals surface area contributed by atoms with Crippen LogP contribution in [0.5, 0.6) is 17.2 Å². The Labute approximate surface area is 187 Å². The van der Waals surface area contributed by atoms with Gasteiger partial charge < -0.3 is 24.0 Å². The molecule has 3 aromatic rings. The van der Waals surface area contributed by atoms with Crippen LogP contribution in [0.3, 0.4) is 0 Å². The van der Waals surface area contributed by atoms with Crippen molar-refractivity contribution in [3.63, 3.8) is 0 Å². The Kier molecular flexibility index (Phi) is 6.49. The lowest BCUT2D eigenvalue weighted by Gasteiger charge is -2.22. The Morgan fingerprint density at radius 3 is 2.34 bits per heavy atom. The number of hydrogen-bond acceptors (Lipinski definition) is 6. The van der Waals surface area contributed by atoms with Gasteiger partial charge in [-0.25, -0.2) is 0 Å². The summed E-state index contributed by atoms with van der Waals surface area (Å²) in [5, 5.41) is 7.63. The molecule has 0 radical (unpaired) electrons. The molecule has 2 heterocycles. The van der Waals surface area contributed by atoms with Gasteiger partial charge in [0.1, 0.15) is 17.2 Å². The second kappa shape index (κ2) is 9.64. The first-order valence-corrected chi connectivity index (χ1v) is 10.6. The SMILES string of the molecule is COc1ccc(-c2cc(N3CCCN(C(=O)c4ccc(OC)cc4OC)CC3)n[nH]2)cc1. The average Bonchev–Trinajstić information content (AvgIpc) is 3.21. The Morgan fingerprint density at radius 1 is 0.875 bits per heavy atom. The summed E-state index contributed by atoms with van der Waals surface area (Å²) >= 11 is 0. The number of nitrogens with one attached hydrogen (secondary N) is 1. The third kappa shape index (κ3) is 4.49. The zero-order valence-electron chi connectivity index (χ0n) is 18.6. The normalized spacial score (nSPS) is 14.1. The van der Waals surface area contributed by atoms with Gasteiger partial charge in [-0.05, 0) is 48.4 Å². The Bertz CT molecular complexity index is 1060. The summed E-state index contributed by atoms with van der Waals surface area (Å²) in [5.74, 6) is 2.84. The second-order valence-electron chi connectivity index (χ2n) is 7.57. The molecule has 32 heavy (non-hydrogen) atoms. The molecule has 0 bridgehead atoms. The van der Waals surface area contributed by atoms with Crippen molar-refractivity contribution in [1.29, 1.82) is 0 Å². The molecule has 1 aliphatic heterocycles. The molecule has 8 nitrogen and oxygen atoms in total. The van der Waals surface area contributed by atoms with Crippen LogP contribution < -0.4 is 19.1 Å². The predicted molar refractivity (Wildman–Crippen MR) is 123 cm³/mol. The highest BCUT2D eigenvalue weighted by Crippen LogP contribution is 2.27. The third-order valence-corrected chi connectivity index (χ3v) is 5.71. The number of carbonyl (C=O) groups is 1. The molecule has 1 saturated heterocycles. The van der Waals surface area contributed by atoms with E-state index in [1.54, 1.807) is 39.5 Å². The molecular formula is C24H28N4O4. The third-order valence-electron chi connectivity index (χ3n) is 5.71. The average molecular weight is 437 g/mol. The number of amides is 1. The molecule has 4 rings (SSSR count). The topological polar surface area (TPSA) is 79.9 Å². The van der Waals surface area contributed by atoms with Crippen LogP contribution in [0.1, 0.15) is 16.8 Å². The summed E-state index contributed by atoms with van der Waals surface area (Å²) in [6.07, 6.45) is 0.856. The molecule has 1 N–H and O–H groups in total. The quantitative estimate of drug-likeness (QED) is 0.638. The molecule has 8 heteroatoms. The number of H-pyrrole nitrogens is 1. The molecule has 0 spiro atoms. The molecule has 2 aromatic carbocycles. The fourth-order valence-corrected chi connectivity index (χ4v) is 3.89. The number of ether oxygens (including phenoxy) is 3. The van der Waals surface area contributed by atoms with Crippen LogP contribution in [-0.2, 0) is 0 Å². The number of aromatic amines is 1. The van der Waals surface area contributed by atoms with Crippen LogP contribution in [0, 0.1) is 0 Å². The highest BCUT2D eigenvalue weighted by Gasteiger charge is 2.24. The smallest absolute Gasteiger partial charge is 0.257 e. The van der Waals surface area contributed by atoms with E-state index in [9.17, 15) is 4.79 Å². The fraction of sp³-hybridized carbons (Fsp3) is 0.333. The van der Waals surface area contributed by atoms with Crippen molar-refractivity contribution in [2.75, 3.05) is 52.4 Å². The van der Waals surface area contributed by atoms with Gasteiger partial charge in [-0.2, -0.15) is 5.10 Å². The summed E-state index contributed by atoms with van der Waals surface area (Å²) < 4.78 is 15.9. The molecule has 1 aromatic heterocycles. The summed E-state index contributed by atoms with van der Waals surface area (Å²) in [6, 6.07) is 15.2. The predicted octanol–water partition coefficient (Wildman–Crippen LogP) is 3.46. The number of carbonyl (C=O) groups excluding carboxylic acids is 1. The molecule has 0 saturated carbocycles. The van der Waals surface area contributed by atoms with Gasteiger partial charge in [-0.1, -0.05) is 0 Å². The van der Waals surface area contributed by atoms with Crippen molar-refractivity contribution in [3.8, 4) is 28.5 Å². The van der Waals surface area contributed by atoms with Gasteiger partial charge in [-0.3, -0.25) is 9.89 Å². The van der Waals surface area contributed by atoms with E-state index in [1.807, 2.05) is 35.2 Å². The van der Waals surface area contributed by atoms with Crippen molar-refractivity contribution in [3.05, 3.63) is 54.1 Å². The molecule has 1 fully saturated rings. The standard InChI is InChI=1S/C24H28N4O4/c1-30-18-7-5-17(6-8-18)21-16-23(26-25-21)27-11-4-12-28(14-13-27)24(29)20-10-9-19(31-2)15-22(20)32-3/h5-10,15-16H,4,11-14H2,1-3H3,(H,25,26). The first-order valence-electron chi connectivity index (χ1n) is 10.6. The second-order valence-corrected chi connectivity index (χ2v) is 7.57. The molecule has 168 valence electrons. The molecule has 0 atom stereocenters. The Balaban J connectivity index is 1.44. The number of rotatable bonds is 6. The van der Waals surface area contributed by atoms with Gasteiger partial charge >= 0.3 is 0 Å². The van der Waals surface area contributed by atoms with Crippen LogP contribution in [0.15, 0.2) is 48.5 Å². The van der Waals surface area contributed by atoms with E-state index in [0.717, 1.165) is 35.8 Å². The Morgan fingerprint density at radius 2 is 1.62 bits per heavy atom. The highest BCUT2D eigenvalue weighted by atomic mass is 16.5. The Hall–Kier alpha value is -3.68. The van der Waals surface area contributed by atoms with E-state index in [0.29, 0.717) is 36.7 Å². The molecule has 0 unspecified atom stereocenters. The van der Waals surface area contributed by atoms with E-state index in [2.05, 4.69) is 15.1 Å². The van der Waals surface area contributed by atoms with Gasteiger partial charge in [0.25, 0.3) is 5.91 Å². The first-order chi connectivity index (χ1) is 15.6. The number of aromatic nitrogens is 2. The van der Waals surface area contributed by atoms with Crippen LogP contribution >= 0.6 is 0 Å². The van der Waals surface area contributed by atoms with Crippen LogP contribution in [0.25, 0.3) is 11.3 Å². The van der Waals surface area contributed by atoms with Crippen LogP contribution in [0.4, 0.5) is 5.82 Å². The van der Waals surface area contributed by atoms with Crippen molar-refractivity contribution in [2.24, 2.45) is 0 Å². The van der Waals surface area contributed by atoms with Gasteiger partial charge in [0.05, 0.1) is 32.6 Å². The van der Waals surface area contributed by atoms with E-state index in [4.69, 9.17) is 14.2 Å². The summed E-state index contributed by atoms with van der Waals surface area (Å²) in [5.41, 5.74) is 2.54. The first kappa shape index (κ1) is 21.5. The summed E-state index contributed by atoms with van der Waals surface area (Å²) in [4.78, 5) is 17.3. The minimum Gasteiger partial charge on any atom is -0.497 e. The number of anilines is 1. The van der Waals surface area contributed by atoms with E-state index >= 15 is 0 Å². The maximum atomic E-state index is 13.2. The van der Waals surface area contributed by atoms with Gasteiger partial charge in [0, 0.05) is 38.3 Å². The van der Waals surface area contributed by atoms with Gasteiger partial charge in [0.2, 0.25) is 0 Å². The van der Waals surface area contributed by atoms with Crippen LogP contribution in [0.2, 0.25) is 0 Å². The lowest BCUT2D eigenvalue weighted by atomic mass is 10.1. The van der Waals surface area contributed by atoms with Crippen LogP contribution in [-0.4, -0.2) is 68.5 Å². The summed E-state index contributed by atoms with van der Waals surface area (Å²) in [7, 11) is 4.81. The molecule has 1 aliphatic rings. The lowest BCUT2D eigenvalue weighted by Crippen LogP contribution is -2.35. The monoisotopic (exact) mass is 436 g/mol. The lowest BCUT2D eigenvalue weighted by molar-refractivity contribution is 0.0763. The molecule has 0 aliphatic carbocycles. The fourth-order valence-electron chi connectivity index (χ4n) is 3.89. The number of hydrogen-bond donors (Lipinski definition) is 1. The van der Waals surface area contributed by atoms with E-state index < -0.39 is 0 Å². The number of nitrogens with zero attached hydrogens (tertiary/aromatic N) is 3. The van der Waals surface area contributed by atoms with E-state index in [1.165, 1.54) is 0 Å². The van der Waals surface area contributed by atoms with Gasteiger partial charge in [0.15, 0.2) is 5.82 Å². The zero-order valence-corrected chi connectivity index (χ0v) is 18.6. The van der Waals surface area contributed by atoms with Crippen molar-refractivity contribution in [2.45, 2.75) is 6.42 Å². The zero-order chi connectivity index (χ0) is 22.5.